The zero-order valence-electron chi connectivity index (χ0n) is 9.51. The zero-order valence-corrected chi connectivity index (χ0v) is 11.1. The van der Waals surface area contributed by atoms with Crippen LogP contribution in [0.3, 0.4) is 0 Å². The van der Waals surface area contributed by atoms with E-state index in [0.29, 0.717) is 5.89 Å². The molecular formula is C15H10BrNO. The summed E-state index contributed by atoms with van der Waals surface area (Å²) < 4.78 is 6.56. The fraction of sp³-hybridized carbons (Fsp3) is 0. The molecule has 2 nitrogen and oxygen atoms in total. The van der Waals surface area contributed by atoms with Crippen molar-refractivity contribution in [2.45, 2.75) is 0 Å². The van der Waals surface area contributed by atoms with E-state index in [1.54, 1.807) is 6.26 Å². The van der Waals surface area contributed by atoms with Gasteiger partial charge in [0.2, 0.25) is 5.89 Å². The number of halogens is 1. The lowest BCUT2D eigenvalue weighted by atomic mass is 10.2. The molecule has 0 aliphatic carbocycles. The quantitative estimate of drug-likeness (QED) is 0.681. The van der Waals surface area contributed by atoms with Gasteiger partial charge in [0.1, 0.15) is 12.0 Å². The fourth-order valence-electron chi connectivity index (χ4n) is 1.74. The van der Waals surface area contributed by atoms with Gasteiger partial charge < -0.3 is 4.42 Å². The third kappa shape index (κ3) is 2.22. The van der Waals surface area contributed by atoms with Gasteiger partial charge in [0.15, 0.2) is 0 Å². The second kappa shape index (κ2) is 4.78. The van der Waals surface area contributed by atoms with Crippen molar-refractivity contribution in [2.24, 2.45) is 0 Å². The van der Waals surface area contributed by atoms with Crippen LogP contribution in [0.1, 0.15) is 0 Å². The van der Waals surface area contributed by atoms with E-state index in [-0.39, 0.29) is 0 Å². The maximum absolute atomic E-state index is 5.52. The van der Waals surface area contributed by atoms with Gasteiger partial charge in [-0.1, -0.05) is 46.3 Å². The standard InChI is InChI=1S/C15H10BrNO/c16-13-8-6-12(7-9-13)15-17-14(10-18-15)11-4-2-1-3-5-11/h1-10H. The monoisotopic (exact) mass is 299 g/mol. The average Bonchev–Trinajstić information content (AvgIpc) is 2.90. The van der Waals surface area contributed by atoms with Crippen LogP contribution in [0.25, 0.3) is 22.7 Å². The summed E-state index contributed by atoms with van der Waals surface area (Å²) in [6.45, 7) is 0. The summed E-state index contributed by atoms with van der Waals surface area (Å²) in [6, 6.07) is 17.9. The van der Waals surface area contributed by atoms with Gasteiger partial charge in [0.25, 0.3) is 0 Å². The average molecular weight is 300 g/mol. The van der Waals surface area contributed by atoms with Crippen LogP contribution in [0, 0.1) is 0 Å². The molecule has 0 N–H and O–H groups in total. The van der Waals surface area contributed by atoms with Gasteiger partial charge in [-0.15, -0.1) is 0 Å². The molecule has 1 heterocycles. The molecule has 0 fully saturated rings. The molecule has 0 bridgehead atoms. The van der Waals surface area contributed by atoms with Crippen LogP contribution in [-0.2, 0) is 0 Å². The second-order valence-corrected chi connectivity index (χ2v) is 4.83. The van der Waals surface area contributed by atoms with Crippen molar-refractivity contribution < 1.29 is 4.42 Å². The summed E-state index contributed by atoms with van der Waals surface area (Å²) in [6.07, 6.45) is 1.69. The number of rotatable bonds is 2. The Hall–Kier alpha value is -1.87. The molecule has 0 atom stereocenters. The van der Waals surface area contributed by atoms with Gasteiger partial charge in [-0.05, 0) is 24.3 Å². The molecule has 0 unspecified atom stereocenters. The van der Waals surface area contributed by atoms with Crippen molar-refractivity contribution in [3.05, 3.63) is 65.3 Å². The highest BCUT2D eigenvalue weighted by molar-refractivity contribution is 9.10. The minimum Gasteiger partial charge on any atom is -0.444 e. The van der Waals surface area contributed by atoms with E-state index in [0.717, 1.165) is 21.3 Å². The van der Waals surface area contributed by atoms with Crippen LogP contribution in [0.2, 0.25) is 0 Å². The maximum Gasteiger partial charge on any atom is 0.226 e. The molecule has 3 aromatic rings. The smallest absolute Gasteiger partial charge is 0.226 e. The SMILES string of the molecule is Brc1ccc(-c2nc(-c3ccccc3)co2)cc1. The lowest BCUT2D eigenvalue weighted by molar-refractivity contribution is 0.575. The Balaban J connectivity index is 1.97. The van der Waals surface area contributed by atoms with Crippen molar-refractivity contribution in [1.29, 1.82) is 0 Å². The van der Waals surface area contributed by atoms with Gasteiger partial charge in [-0.2, -0.15) is 0 Å². The minimum atomic E-state index is 0.640. The summed E-state index contributed by atoms with van der Waals surface area (Å²) in [5.74, 6) is 0.640. The summed E-state index contributed by atoms with van der Waals surface area (Å²) in [5.41, 5.74) is 2.89. The van der Waals surface area contributed by atoms with Crippen molar-refractivity contribution in [3.63, 3.8) is 0 Å². The Morgan fingerprint density at radius 1 is 0.833 bits per heavy atom. The van der Waals surface area contributed by atoms with E-state index >= 15 is 0 Å². The van der Waals surface area contributed by atoms with Crippen LogP contribution < -0.4 is 0 Å². The number of hydrogen-bond donors (Lipinski definition) is 0. The van der Waals surface area contributed by atoms with Crippen molar-refractivity contribution in [2.75, 3.05) is 0 Å². The number of hydrogen-bond acceptors (Lipinski definition) is 2. The van der Waals surface area contributed by atoms with Crippen LogP contribution in [0.5, 0.6) is 0 Å². The maximum atomic E-state index is 5.52. The van der Waals surface area contributed by atoms with E-state index < -0.39 is 0 Å². The molecule has 0 amide bonds. The first-order chi connectivity index (χ1) is 8.83. The van der Waals surface area contributed by atoms with Gasteiger partial charge in [-0.3, -0.25) is 0 Å². The molecule has 2 aromatic carbocycles. The lowest BCUT2D eigenvalue weighted by Crippen LogP contribution is -1.79. The van der Waals surface area contributed by atoms with Gasteiger partial charge >= 0.3 is 0 Å². The molecular weight excluding hydrogens is 290 g/mol. The Bertz CT molecular complexity index is 644. The molecule has 3 heteroatoms. The van der Waals surface area contributed by atoms with Crippen LogP contribution in [0.15, 0.2) is 69.8 Å². The Labute approximate surface area is 113 Å². The molecule has 0 radical (unpaired) electrons. The number of nitrogens with zero attached hydrogens (tertiary/aromatic N) is 1. The first-order valence-corrected chi connectivity index (χ1v) is 6.39. The normalized spacial score (nSPS) is 10.5. The Morgan fingerprint density at radius 2 is 1.56 bits per heavy atom. The zero-order chi connectivity index (χ0) is 12.4. The molecule has 1 aromatic heterocycles. The molecule has 3 rings (SSSR count). The largest absolute Gasteiger partial charge is 0.444 e. The van der Waals surface area contributed by atoms with Crippen LogP contribution in [-0.4, -0.2) is 4.98 Å². The van der Waals surface area contributed by atoms with E-state index in [1.165, 1.54) is 0 Å². The minimum absolute atomic E-state index is 0.640. The van der Waals surface area contributed by atoms with Crippen molar-refractivity contribution >= 4 is 15.9 Å². The number of aromatic nitrogens is 1. The number of oxazole rings is 1. The lowest BCUT2D eigenvalue weighted by Gasteiger charge is -1.95. The van der Waals surface area contributed by atoms with E-state index in [2.05, 4.69) is 20.9 Å². The van der Waals surface area contributed by atoms with Gasteiger partial charge in [0, 0.05) is 15.6 Å². The highest BCUT2D eigenvalue weighted by atomic mass is 79.9. The summed E-state index contributed by atoms with van der Waals surface area (Å²) in [4.78, 5) is 4.50. The Kier molecular flexibility index (Phi) is 2.99. The van der Waals surface area contributed by atoms with Gasteiger partial charge in [-0.25, -0.2) is 4.98 Å². The molecule has 0 saturated carbocycles. The topological polar surface area (TPSA) is 26.0 Å². The molecule has 0 saturated heterocycles. The predicted molar refractivity (Wildman–Crippen MR) is 75.1 cm³/mol. The second-order valence-electron chi connectivity index (χ2n) is 3.91. The fourth-order valence-corrected chi connectivity index (χ4v) is 2.00. The van der Waals surface area contributed by atoms with E-state index in [1.807, 2.05) is 54.6 Å². The summed E-state index contributed by atoms with van der Waals surface area (Å²) in [7, 11) is 0. The highest BCUT2D eigenvalue weighted by Crippen LogP contribution is 2.25. The Morgan fingerprint density at radius 3 is 2.28 bits per heavy atom. The van der Waals surface area contributed by atoms with Crippen LogP contribution >= 0.6 is 15.9 Å². The number of benzene rings is 2. The van der Waals surface area contributed by atoms with E-state index in [4.69, 9.17) is 4.42 Å². The summed E-state index contributed by atoms with van der Waals surface area (Å²) in [5, 5.41) is 0. The van der Waals surface area contributed by atoms with Crippen molar-refractivity contribution in [1.82, 2.24) is 4.98 Å². The summed E-state index contributed by atoms with van der Waals surface area (Å²) >= 11 is 3.41. The predicted octanol–water partition coefficient (Wildman–Crippen LogP) is 4.77. The molecule has 18 heavy (non-hydrogen) atoms. The molecule has 0 aliphatic heterocycles. The molecule has 88 valence electrons. The van der Waals surface area contributed by atoms with E-state index in [9.17, 15) is 0 Å². The van der Waals surface area contributed by atoms with Gasteiger partial charge in [0.05, 0.1) is 0 Å². The first-order valence-electron chi connectivity index (χ1n) is 5.60. The van der Waals surface area contributed by atoms with Crippen molar-refractivity contribution in [3.8, 4) is 22.7 Å². The molecule has 0 aliphatic rings. The third-order valence-corrected chi connectivity index (χ3v) is 3.19. The highest BCUT2D eigenvalue weighted by Gasteiger charge is 2.07. The van der Waals surface area contributed by atoms with Crippen LogP contribution in [0.4, 0.5) is 0 Å². The first kappa shape index (κ1) is 11.2. The molecule has 0 spiro atoms. The third-order valence-electron chi connectivity index (χ3n) is 2.66.